The van der Waals surface area contributed by atoms with Gasteiger partial charge in [0.05, 0.1) is 11.7 Å². The van der Waals surface area contributed by atoms with E-state index in [4.69, 9.17) is 6.42 Å². The topological polar surface area (TPSA) is 17.1 Å². The Balaban J connectivity index is 2.62. The van der Waals surface area contributed by atoms with E-state index in [1.807, 2.05) is 37.3 Å². The minimum atomic E-state index is -0.0745. The van der Waals surface area contributed by atoms with E-state index in [2.05, 4.69) is 5.92 Å². The number of carbonyl (C=O) groups excluding carboxylic acids is 1. The smallest absolute Gasteiger partial charge is 0.197 e. The molecule has 0 amide bonds. The summed E-state index contributed by atoms with van der Waals surface area (Å²) in [6.07, 6.45) is 5.09. The van der Waals surface area contributed by atoms with Crippen LogP contribution in [-0.4, -0.2) is 10.9 Å². The highest BCUT2D eigenvalue weighted by Gasteiger charge is 2.14. The Kier molecular flexibility index (Phi) is 4.28. The maximum absolute atomic E-state index is 11.6. The zero-order valence-corrected chi connectivity index (χ0v) is 8.88. The van der Waals surface area contributed by atoms with Crippen molar-refractivity contribution in [3.8, 4) is 12.3 Å². The molecule has 0 bridgehead atoms. The molecule has 1 rings (SSSR count). The molecule has 0 saturated heterocycles. The van der Waals surface area contributed by atoms with E-state index in [1.165, 1.54) is 11.8 Å². The largest absolute Gasteiger partial charge is 0.287 e. The van der Waals surface area contributed by atoms with Crippen LogP contribution in [0.3, 0.4) is 0 Å². The van der Waals surface area contributed by atoms with Crippen molar-refractivity contribution in [3.63, 3.8) is 0 Å². The van der Waals surface area contributed by atoms with Gasteiger partial charge in [0, 0.05) is 0 Å². The monoisotopic (exact) mass is 204 g/mol. The summed E-state index contributed by atoms with van der Waals surface area (Å²) in [7, 11) is 0. The van der Waals surface area contributed by atoms with Crippen LogP contribution in [0.25, 0.3) is 0 Å². The highest BCUT2D eigenvalue weighted by atomic mass is 32.2. The van der Waals surface area contributed by atoms with Crippen molar-refractivity contribution in [2.24, 2.45) is 0 Å². The summed E-state index contributed by atoms with van der Waals surface area (Å²) < 4.78 is 0. The lowest BCUT2D eigenvalue weighted by molar-refractivity contribution is -0.111. The maximum atomic E-state index is 11.6. The quantitative estimate of drug-likeness (QED) is 0.704. The van der Waals surface area contributed by atoms with E-state index >= 15 is 0 Å². The van der Waals surface area contributed by atoms with Gasteiger partial charge in [0.15, 0.2) is 5.12 Å². The molecule has 14 heavy (non-hydrogen) atoms. The average Bonchev–Trinajstić information content (AvgIpc) is 2.26. The molecular formula is C12H12OS. The molecule has 1 unspecified atom stereocenters. The number of hydrogen-bond donors (Lipinski definition) is 0. The SMILES string of the molecule is C#CCSC(=O)C(C)c1ccccc1. The molecule has 1 aromatic carbocycles. The Hall–Kier alpha value is -1.20. The second-order valence-electron chi connectivity index (χ2n) is 2.94. The Labute approximate surface area is 88.9 Å². The van der Waals surface area contributed by atoms with Crippen molar-refractivity contribution in [3.05, 3.63) is 35.9 Å². The van der Waals surface area contributed by atoms with Gasteiger partial charge in [-0.05, 0) is 5.56 Å². The van der Waals surface area contributed by atoms with Crippen molar-refractivity contribution in [2.75, 3.05) is 5.75 Å². The van der Waals surface area contributed by atoms with Crippen molar-refractivity contribution in [1.29, 1.82) is 0 Å². The summed E-state index contributed by atoms with van der Waals surface area (Å²) >= 11 is 1.20. The van der Waals surface area contributed by atoms with E-state index in [0.29, 0.717) is 5.75 Å². The molecular weight excluding hydrogens is 192 g/mol. The van der Waals surface area contributed by atoms with Gasteiger partial charge in [0.25, 0.3) is 0 Å². The first kappa shape index (κ1) is 10.9. The van der Waals surface area contributed by atoms with Gasteiger partial charge in [0.1, 0.15) is 0 Å². The Morgan fingerprint density at radius 2 is 2.14 bits per heavy atom. The summed E-state index contributed by atoms with van der Waals surface area (Å²) in [5.74, 6) is 2.83. The minimum Gasteiger partial charge on any atom is -0.287 e. The zero-order valence-electron chi connectivity index (χ0n) is 8.07. The Morgan fingerprint density at radius 1 is 1.50 bits per heavy atom. The Bertz CT molecular complexity index is 337. The third-order valence-electron chi connectivity index (χ3n) is 1.95. The normalized spacial score (nSPS) is 11.7. The van der Waals surface area contributed by atoms with Crippen molar-refractivity contribution in [2.45, 2.75) is 12.8 Å². The molecule has 0 fully saturated rings. The lowest BCUT2D eigenvalue weighted by atomic mass is 10.0. The molecule has 0 spiro atoms. The van der Waals surface area contributed by atoms with Gasteiger partial charge in [0.2, 0.25) is 0 Å². The van der Waals surface area contributed by atoms with E-state index < -0.39 is 0 Å². The molecule has 2 heteroatoms. The van der Waals surface area contributed by atoms with Crippen LogP contribution in [-0.2, 0) is 4.79 Å². The maximum Gasteiger partial charge on any atom is 0.197 e. The summed E-state index contributed by atoms with van der Waals surface area (Å²) in [5.41, 5.74) is 1.04. The van der Waals surface area contributed by atoms with Crippen molar-refractivity contribution < 1.29 is 4.79 Å². The van der Waals surface area contributed by atoms with Gasteiger partial charge in [-0.25, -0.2) is 0 Å². The van der Waals surface area contributed by atoms with Gasteiger partial charge in [-0.15, -0.1) is 6.42 Å². The fourth-order valence-electron chi connectivity index (χ4n) is 1.12. The highest BCUT2D eigenvalue weighted by molar-refractivity contribution is 8.13. The fourth-order valence-corrected chi connectivity index (χ4v) is 1.73. The highest BCUT2D eigenvalue weighted by Crippen LogP contribution is 2.21. The third kappa shape index (κ3) is 2.93. The van der Waals surface area contributed by atoms with Gasteiger partial charge >= 0.3 is 0 Å². The lowest BCUT2D eigenvalue weighted by Crippen LogP contribution is -2.05. The third-order valence-corrected chi connectivity index (χ3v) is 2.90. The molecule has 1 aromatic rings. The number of thioether (sulfide) groups is 1. The first-order chi connectivity index (χ1) is 6.75. The van der Waals surface area contributed by atoms with E-state index in [-0.39, 0.29) is 11.0 Å². The van der Waals surface area contributed by atoms with E-state index in [9.17, 15) is 4.79 Å². The molecule has 1 atom stereocenters. The number of hydrogen-bond acceptors (Lipinski definition) is 2. The van der Waals surface area contributed by atoms with Crippen LogP contribution in [0.2, 0.25) is 0 Å². The van der Waals surface area contributed by atoms with Crippen molar-refractivity contribution >= 4 is 16.9 Å². The van der Waals surface area contributed by atoms with E-state index in [1.54, 1.807) is 0 Å². The fraction of sp³-hybridized carbons (Fsp3) is 0.250. The predicted octanol–water partition coefficient (Wildman–Crippen LogP) is 2.68. The molecule has 0 saturated carbocycles. The summed E-state index contributed by atoms with van der Waals surface area (Å²) in [5, 5.41) is 0.133. The van der Waals surface area contributed by atoms with Crippen LogP contribution in [0.15, 0.2) is 30.3 Å². The number of benzene rings is 1. The molecule has 0 radical (unpaired) electrons. The van der Waals surface area contributed by atoms with Gasteiger partial charge < -0.3 is 0 Å². The predicted molar refractivity (Wildman–Crippen MR) is 61.2 cm³/mol. The zero-order chi connectivity index (χ0) is 10.4. The average molecular weight is 204 g/mol. The first-order valence-electron chi connectivity index (χ1n) is 4.40. The van der Waals surface area contributed by atoms with E-state index in [0.717, 1.165) is 5.56 Å². The van der Waals surface area contributed by atoms with Crippen molar-refractivity contribution in [1.82, 2.24) is 0 Å². The molecule has 0 aliphatic carbocycles. The number of carbonyl (C=O) groups is 1. The molecule has 0 heterocycles. The second kappa shape index (κ2) is 5.51. The Morgan fingerprint density at radius 3 is 2.71 bits per heavy atom. The van der Waals surface area contributed by atoms with Crippen LogP contribution in [0.1, 0.15) is 18.4 Å². The molecule has 1 nitrogen and oxygen atoms in total. The first-order valence-corrected chi connectivity index (χ1v) is 5.39. The van der Waals surface area contributed by atoms with Gasteiger partial charge in [-0.3, -0.25) is 4.79 Å². The lowest BCUT2D eigenvalue weighted by Gasteiger charge is -2.08. The van der Waals surface area contributed by atoms with Gasteiger partial charge in [-0.2, -0.15) is 0 Å². The number of rotatable bonds is 3. The van der Waals surface area contributed by atoms with Crippen LogP contribution in [0.4, 0.5) is 0 Å². The standard InChI is InChI=1S/C12H12OS/c1-3-9-14-12(13)10(2)11-7-5-4-6-8-11/h1,4-8,10H,9H2,2H3. The summed E-state index contributed by atoms with van der Waals surface area (Å²) in [6, 6.07) is 9.73. The number of terminal acetylenes is 1. The molecule has 0 aliphatic rings. The van der Waals surface area contributed by atoms with Crippen LogP contribution in [0.5, 0.6) is 0 Å². The minimum absolute atomic E-state index is 0.0745. The second-order valence-corrected chi connectivity index (χ2v) is 3.92. The van der Waals surface area contributed by atoms with Gasteiger partial charge in [-0.1, -0.05) is 54.9 Å². The summed E-state index contributed by atoms with van der Waals surface area (Å²) in [6.45, 7) is 1.90. The molecule has 72 valence electrons. The summed E-state index contributed by atoms with van der Waals surface area (Å²) in [4.78, 5) is 11.6. The van der Waals surface area contributed by atoms with Crippen LogP contribution < -0.4 is 0 Å². The molecule has 0 aromatic heterocycles. The van der Waals surface area contributed by atoms with Crippen LogP contribution in [0, 0.1) is 12.3 Å². The van der Waals surface area contributed by atoms with Crippen LogP contribution >= 0.6 is 11.8 Å². The molecule has 0 aliphatic heterocycles. The molecule has 0 N–H and O–H groups in total.